The molecule has 106 valence electrons. The Balaban J connectivity index is 1.72. The standard InChI is InChI=1S/C15H18N2O3/c16-10-12-4-1-2-6-14(12)17-15(18)7-9-19-11-13-5-3-8-20-13/h1-6,8H,7,9-11,16H2,(H,17,18). The normalized spacial score (nSPS) is 10.4. The number of anilines is 1. The van der Waals surface area contributed by atoms with E-state index in [0.29, 0.717) is 26.2 Å². The first-order valence-electron chi connectivity index (χ1n) is 6.47. The Morgan fingerprint density at radius 2 is 2.10 bits per heavy atom. The number of hydrogen-bond acceptors (Lipinski definition) is 4. The Kier molecular flexibility index (Phi) is 5.34. The van der Waals surface area contributed by atoms with Gasteiger partial charge in [-0.25, -0.2) is 0 Å². The fourth-order valence-electron chi connectivity index (χ4n) is 1.77. The van der Waals surface area contributed by atoms with Crippen LogP contribution < -0.4 is 11.1 Å². The predicted octanol–water partition coefficient (Wildman–Crippen LogP) is 2.28. The number of hydrogen-bond donors (Lipinski definition) is 2. The summed E-state index contributed by atoms with van der Waals surface area (Å²) in [5.41, 5.74) is 7.29. The summed E-state index contributed by atoms with van der Waals surface area (Å²) >= 11 is 0. The van der Waals surface area contributed by atoms with Gasteiger partial charge in [0.25, 0.3) is 0 Å². The largest absolute Gasteiger partial charge is 0.467 e. The van der Waals surface area contributed by atoms with Gasteiger partial charge in [-0.1, -0.05) is 18.2 Å². The molecule has 1 heterocycles. The lowest BCUT2D eigenvalue weighted by Gasteiger charge is -2.09. The van der Waals surface area contributed by atoms with E-state index in [1.807, 2.05) is 30.3 Å². The van der Waals surface area contributed by atoms with E-state index in [2.05, 4.69) is 5.32 Å². The summed E-state index contributed by atoms with van der Waals surface area (Å²) in [6, 6.07) is 11.1. The van der Waals surface area contributed by atoms with Gasteiger partial charge in [-0.05, 0) is 23.8 Å². The summed E-state index contributed by atoms with van der Waals surface area (Å²) in [4.78, 5) is 11.8. The molecule has 1 amide bonds. The molecule has 0 aliphatic heterocycles. The van der Waals surface area contributed by atoms with Gasteiger partial charge in [0.2, 0.25) is 5.91 Å². The molecule has 1 aromatic carbocycles. The minimum Gasteiger partial charge on any atom is -0.467 e. The number of furan rings is 1. The highest BCUT2D eigenvalue weighted by Gasteiger charge is 2.05. The average Bonchev–Trinajstić information content (AvgIpc) is 2.97. The first kappa shape index (κ1) is 14.3. The van der Waals surface area contributed by atoms with Crippen LogP contribution in [-0.4, -0.2) is 12.5 Å². The molecule has 0 aliphatic rings. The van der Waals surface area contributed by atoms with Crippen LogP contribution in [0.1, 0.15) is 17.7 Å². The molecule has 2 aromatic rings. The number of para-hydroxylation sites is 1. The van der Waals surface area contributed by atoms with E-state index in [1.165, 1.54) is 0 Å². The van der Waals surface area contributed by atoms with E-state index in [4.69, 9.17) is 14.9 Å². The Bertz CT molecular complexity index is 538. The zero-order chi connectivity index (χ0) is 14.2. The summed E-state index contributed by atoms with van der Waals surface area (Å²) in [6.45, 7) is 1.11. The number of nitrogens with one attached hydrogen (secondary N) is 1. The molecule has 0 fully saturated rings. The van der Waals surface area contributed by atoms with Crippen molar-refractivity contribution >= 4 is 11.6 Å². The minimum atomic E-state index is -0.0923. The van der Waals surface area contributed by atoms with E-state index < -0.39 is 0 Å². The molecule has 5 nitrogen and oxygen atoms in total. The van der Waals surface area contributed by atoms with E-state index in [0.717, 1.165) is 17.0 Å². The molecule has 0 spiro atoms. The van der Waals surface area contributed by atoms with Gasteiger partial charge >= 0.3 is 0 Å². The van der Waals surface area contributed by atoms with Crippen LogP contribution in [0.15, 0.2) is 47.1 Å². The first-order valence-corrected chi connectivity index (χ1v) is 6.47. The third-order valence-corrected chi connectivity index (χ3v) is 2.81. The highest BCUT2D eigenvalue weighted by Crippen LogP contribution is 2.14. The van der Waals surface area contributed by atoms with Crippen LogP contribution >= 0.6 is 0 Å². The lowest BCUT2D eigenvalue weighted by Crippen LogP contribution is -2.16. The molecule has 0 unspecified atom stereocenters. The maximum absolute atomic E-state index is 11.8. The van der Waals surface area contributed by atoms with Gasteiger partial charge < -0.3 is 20.2 Å². The van der Waals surface area contributed by atoms with Gasteiger partial charge in [-0.3, -0.25) is 4.79 Å². The second-order valence-corrected chi connectivity index (χ2v) is 4.29. The van der Waals surface area contributed by atoms with Crippen molar-refractivity contribution in [2.45, 2.75) is 19.6 Å². The van der Waals surface area contributed by atoms with Crippen molar-refractivity contribution in [1.82, 2.24) is 0 Å². The highest BCUT2D eigenvalue weighted by atomic mass is 16.5. The fourth-order valence-corrected chi connectivity index (χ4v) is 1.77. The highest BCUT2D eigenvalue weighted by molar-refractivity contribution is 5.91. The Morgan fingerprint density at radius 3 is 2.85 bits per heavy atom. The monoisotopic (exact) mass is 274 g/mol. The second-order valence-electron chi connectivity index (χ2n) is 4.29. The van der Waals surface area contributed by atoms with E-state index >= 15 is 0 Å². The molecule has 0 bridgehead atoms. The number of amides is 1. The van der Waals surface area contributed by atoms with Crippen molar-refractivity contribution in [3.8, 4) is 0 Å². The molecule has 3 N–H and O–H groups in total. The lowest BCUT2D eigenvalue weighted by molar-refractivity contribution is -0.117. The molecular weight excluding hydrogens is 256 g/mol. The van der Waals surface area contributed by atoms with Crippen molar-refractivity contribution in [3.63, 3.8) is 0 Å². The SMILES string of the molecule is NCc1ccccc1NC(=O)CCOCc1ccco1. The molecule has 0 saturated carbocycles. The topological polar surface area (TPSA) is 77.5 Å². The summed E-state index contributed by atoms with van der Waals surface area (Å²) in [6.07, 6.45) is 1.88. The molecule has 0 saturated heterocycles. The van der Waals surface area contributed by atoms with Crippen molar-refractivity contribution < 1.29 is 13.9 Å². The van der Waals surface area contributed by atoms with Gasteiger partial charge in [0.15, 0.2) is 0 Å². The van der Waals surface area contributed by atoms with Crippen molar-refractivity contribution in [2.75, 3.05) is 11.9 Å². The van der Waals surface area contributed by atoms with Crippen LogP contribution in [0.3, 0.4) is 0 Å². The van der Waals surface area contributed by atoms with E-state index in [1.54, 1.807) is 12.3 Å². The molecule has 5 heteroatoms. The summed E-state index contributed by atoms with van der Waals surface area (Å²) < 4.78 is 10.5. The van der Waals surface area contributed by atoms with Gasteiger partial charge in [0.1, 0.15) is 12.4 Å². The fraction of sp³-hybridized carbons (Fsp3) is 0.267. The number of ether oxygens (including phenoxy) is 1. The van der Waals surface area contributed by atoms with Crippen LogP contribution in [0.25, 0.3) is 0 Å². The number of carbonyl (C=O) groups is 1. The van der Waals surface area contributed by atoms with Crippen LogP contribution in [-0.2, 0) is 22.7 Å². The quantitative estimate of drug-likeness (QED) is 0.759. The lowest BCUT2D eigenvalue weighted by atomic mass is 10.2. The summed E-state index contributed by atoms with van der Waals surface area (Å²) in [5, 5.41) is 2.83. The van der Waals surface area contributed by atoms with Crippen molar-refractivity contribution in [2.24, 2.45) is 5.73 Å². The maximum Gasteiger partial charge on any atom is 0.226 e. The number of benzene rings is 1. The van der Waals surface area contributed by atoms with E-state index in [9.17, 15) is 4.79 Å². The van der Waals surface area contributed by atoms with Crippen LogP contribution in [0, 0.1) is 0 Å². The number of rotatable bonds is 7. The van der Waals surface area contributed by atoms with Crippen LogP contribution in [0.2, 0.25) is 0 Å². The Labute approximate surface area is 117 Å². The Hall–Kier alpha value is -2.11. The zero-order valence-corrected chi connectivity index (χ0v) is 11.2. The van der Waals surface area contributed by atoms with Crippen LogP contribution in [0.5, 0.6) is 0 Å². The molecule has 20 heavy (non-hydrogen) atoms. The molecular formula is C15H18N2O3. The zero-order valence-electron chi connectivity index (χ0n) is 11.2. The maximum atomic E-state index is 11.8. The molecule has 1 aromatic heterocycles. The molecule has 0 atom stereocenters. The average molecular weight is 274 g/mol. The first-order chi connectivity index (χ1) is 9.79. The molecule has 0 radical (unpaired) electrons. The summed E-state index contributed by atoms with van der Waals surface area (Å²) in [5.74, 6) is 0.657. The van der Waals surface area contributed by atoms with E-state index in [-0.39, 0.29) is 5.91 Å². The molecule has 0 aliphatic carbocycles. The number of carbonyl (C=O) groups excluding carboxylic acids is 1. The van der Waals surface area contributed by atoms with Gasteiger partial charge in [-0.2, -0.15) is 0 Å². The van der Waals surface area contributed by atoms with Crippen LogP contribution in [0.4, 0.5) is 5.69 Å². The third kappa shape index (κ3) is 4.22. The van der Waals surface area contributed by atoms with Crippen molar-refractivity contribution in [1.29, 1.82) is 0 Å². The second kappa shape index (κ2) is 7.47. The van der Waals surface area contributed by atoms with Gasteiger partial charge in [-0.15, -0.1) is 0 Å². The summed E-state index contributed by atoms with van der Waals surface area (Å²) in [7, 11) is 0. The van der Waals surface area contributed by atoms with Gasteiger partial charge in [0.05, 0.1) is 19.3 Å². The minimum absolute atomic E-state index is 0.0923. The Morgan fingerprint density at radius 1 is 1.25 bits per heavy atom. The predicted molar refractivity (Wildman–Crippen MR) is 75.9 cm³/mol. The van der Waals surface area contributed by atoms with Gasteiger partial charge in [0, 0.05) is 12.2 Å². The third-order valence-electron chi connectivity index (χ3n) is 2.81. The number of nitrogens with two attached hydrogens (primary N) is 1. The van der Waals surface area contributed by atoms with Crippen molar-refractivity contribution in [3.05, 3.63) is 54.0 Å². The smallest absolute Gasteiger partial charge is 0.226 e. The molecule has 2 rings (SSSR count).